The first-order valence-corrected chi connectivity index (χ1v) is 5.73. The number of hydrogen-bond acceptors (Lipinski definition) is 2. The molecule has 4 nitrogen and oxygen atoms in total. The molecule has 0 aliphatic carbocycles. The third-order valence-corrected chi connectivity index (χ3v) is 3.04. The lowest BCUT2D eigenvalue weighted by atomic mass is 10.1. The summed E-state index contributed by atoms with van der Waals surface area (Å²) in [7, 11) is 1.63. The Labute approximate surface area is 104 Å². The Kier molecular flexibility index (Phi) is 3.19. The van der Waals surface area contributed by atoms with Crippen molar-refractivity contribution in [1.82, 2.24) is 14.7 Å². The van der Waals surface area contributed by atoms with Crippen molar-refractivity contribution < 1.29 is 13.6 Å². The summed E-state index contributed by atoms with van der Waals surface area (Å²) in [6.45, 7) is 3.18. The number of carbonyl (C=O) groups excluding carboxylic acids is 1. The van der Waals surface area contributed by atoms with E-state index < -0.39 is 12.5 Å². The molecule has 1 fully saturated rings. The first kappa shape index (κ1) is 12.7. The summed E-state index contributed by atoms with van der Waals surface area (Å²) >= 11 is 0. The quantitative estimate of drug-likeness (QED) is 0.770. The first-order chi connectivity index (χ1) is 8.44. The van der Waals surface area contributed by atoms with Gasteiger partial charge in [-0.3, -0.25) is 9.48 Å². The standard InChI is InChI=1S/C12H15F2N3O/c1-3-4-9-7-15-16(2)10(9)11(18)17-6-5-12(13,14)8-17/h3,7H,1,4-6,8H2,2H3. The molecule has 1 saturated heterocycles. The highest BCUT2D eigenvalue weighted by Crippen LogP contribution is 2.28. The Morgan fingerprint density at radius 1 is 1.67 bits per heavy atom. The minimum Gasteiger partial charge on any atom is -0.331 e. The number of rotatable bonds is 3. The van der Waals surface area contributed by atoms with Crippen LogP contribution in [0, 0.1) is 0 Å². The van der Waals surface area contributed by atoms with Crippen LogP contribution in [-0.4, -0.2) is 39.6 Å². The number of hydrogen-bond donors (Lipinski definition) is 0. The van der Waals surface area contributed by atoms with Gasteiger partial charge < -0.3 is 4.90 Å². The molecule has 1 aliphatic heterocycles. The van der Waals surface area contributed by atoms with Crippen LogP contribution < -0.4 is 0 Å². The van der Waals surface area contributed by atoms with E-state index in [1.54, 1.807) is 19.3 Å². The lowest BCUT2D eigenvalue weighted by Crippen LogP contribution is -2.33. The minimum absolute atomic E-state index is 0.0878. The molecule has 0 bridgehead atoms. The van der Waals surface area contributed by atoms with Crippen molar-refractivity contribution in [2.24, 2.45) is 7.05 Å². The molecule has 0 radical (unpaired) electrons. The normalized spacial score (nSPS) is 18.1. The number of allylic oxidation sites excluding steroid dienone is 1. The van der Waals surface area contributed by atoms with Crippen LogP contribution in [0.1, 0.15) is 22.5 Å². The smallest absolute Gasteiger partial charge is 0.272 e. The Hall–Kier alpha value is -1.72. The Balaban J connectivity index is 2.24. The number of halogens is 2. The Morgan fingerprint density at radius 2 is 2.39 bits per heavy atom. The Morgan fingerprint density at radius 3 is 2.94 bits per heavy atom. The van der Waals surface area contributed by atoms with Gasteiger partial charge in [0.25, 0.3) is 11.8 Å². The van der Waals surface area contributed by atoms with E-state index in [1.165, 1.54) is 9.58 Å². The van der Waals surface area contributed by atoms with Crippen molar-refractivity contribution in [2.45, 2.75) is 18.8 Å². The van der Waals surface area contributed by atoms with Crippen molar-refractivity contribution in [3.8, 4) is 0 Å². The minimum atomic E-state index is -2.77. The maximum absolute atomic E-state index is 13.1. The largest absolute Gasteiger partial charge is 0.331 e. The van der Waals surface area contributed by atoms with Crippen LogP contribution in [0.3, 0.4) is 0 Å². The maximum Gasteiger partial charge on any atom is 0.272 e. The fourth-order valence-corrected chi connectivity index (χ4v) is 2.12. The van der Waals surface area contributed by atoms with Crippen molar-refractivity contribution >= 4 is 5.91 Å². The monoisotopic (exact) mass is 255 g/mol. The highest BCUT2D eigenvalue weighted by Gasteiger charge is 2.41. The molecular weight excluding hydrogens is 240 g/mol. The molecule has 0 unspecified atom stereocenters. The molecule has 1 amide bonds. The van der Waals surface area contributed by atoms with E-state index in [2.05, 4.69) is 11.7 Å². The van der Waals surface area contributed by atoms with Gasteiger partial charge in [-0.05, 0) is 6.42 Å². The van der Waals surface area contributed by atoms with Gasteiger partial charge in [0.05, 0.1) is 12.7 Å². The molecule has 2 heterocycles. The number of carbonyl (C=O) groups is 1. The van der Waals surface area contributed by atoms with Gasteiger partial charge in [0, 0.05) is 25.6 Å². The van der Waals surface area contributed by atoms with Gasteiger partial charge >= 0.3 is 0 Å². The van der Waals surface area contributed by atoms with Gasteiger partial charge in [0.15, 0.2) is 0 Å². The molecule has 0 aromatic carbocycles. The lowest BCUT2D eigenvalue weighted by molar-refractivity contribution is 0.0118. The third kappa shape index (κ3) is 2.27. The number of aryl methyl sites for hydroxylation is 1. The first-order valence-electron chi connectivity index (χ1n) is 5.73. The third-order valence-electron chi connectivity index (χ3n) is 3.04. The molecule has 0 saturated carbocycles. The SMILES string of the molecule is C=CCc1cnn(C)c1C(=O)N1CCC(F)(F)C1. The number of alkyl halides is 2. The van der Waals surface area contributed by atoms with E-state index in [9.17, 15) is 13.6 Å². The highest BCUT2D eigenvalue weighted by molar-refractivity contribution is 5.94. The summed E-state index contributed by atoms with van der Waals surface area (Å²) in [5.74, 6) is -3.16. The van der Waals surface area contributed by atoms with Crippen LogP contribution >= 0.6 is 0 Å². The molecular formula is C12H15F2N3O. The molecule has 0 spiro atoms. The van der Waals surface area contributed by atoms with Crippen LogP contribution in [0.4, 0.5) is 8.78 Å². The molecule has 0 N–H and O–H groups in total. The molecule has 2 rings (SSSR count). The average Bonchev–Trinajstić information content (AvgIpc) is 2.82. The molecule has 1 aliphatic rings. The molecule has 1 aromatic rings. The second kappa shape index (κ2) is 4.51. The number of aromatic nitrogens is 2. The fourth-order valence-electron chi connectivity index (χ4n) is 2.12. The summed E-state index contributed by atoms with van der Waals surface area (Å²) in [6.07, 6.45) is 3.46. The van der Waals surface area contributed by atoms with E-state index >= 15 is 0 Å². The summed E-state index contributed by atoms with van der Waals surface area (Å²) < 4.78 is 27.7. The molecule has 6 heteroatoms. The van der Waals surface area contributed by atoms with E-state index in [1.807, 2.05) is 0 Å². The zero-order chi connectivity index (χ0) is 13.3. The van der Waals surface area contributed by atoms with E-state index in [-0.39, 0.29) is 18.9 Å². The van der Waals surface area contributed by atoms with Crippen molar-refractivity contribution in [2.75, 3.05) is 13.1 Å². The summed E-state index contributed by atoms with van der Waals surface area (Å²) in [5.41, 5.74) is 1.08. The topological polar surface area (TPSA) is 38.1 Å². The molecule has 0 atom stereocenters. The zero-order valence-corrected chi connectivity index (χ0v) is 10.2. The average molecular weight is 255 g/mol. The van der Waals surface area contributed by atoms with Gasteiger partial charge in [-0.2, -0.15) is 5.10 Å². The van der Waals surface area contributed by atoms with E-state index in [0.29, 0.717) is 17.7 Å². The lowest BCUT2D eigenvalue weighted by Gasteiger charge is -2.16. The second-order valence-electron chi connectivity index (χ2n) is 4.47. The van der Waals surface area contributed by atoms with E-state index in [0.717, 1.165) is 0 Å². The van der Waals surface area contributed by atoms with Crippen LogP contribution in [-0.2, 0) is 13.5 Å². The predicted octanol–water partition coefficient (Wildman–Crippen LogP) is 1.63. The van der Waals surface area contributed by atoms with Crippen LogP contribution in [0.2, 0.25) is 0 Å². The highest BCUT2D eigenvalue weighted by atomic mass is 19.3. The Bertz CT molecular complexity index is 482. The van der Waals surface area contributed by atoms with Crippen molar-refractivity contribution in [1.29, 1.82) is 0 Å². The molecule has 18 heavy (non-hydrogen) atoms. The van der Waals surface area contributed by atoms with Gasteiger partial charge in [-0.25, -0.2) is 8.78 Å². The van der Waals surface area contributed by atoms with Crippen LogP contribution in [0.15, 0.2) is 18.9 Å². The van der Waals surface area contributed by atoms with Gasteiger partial charge in [0.1, 0.15) is 5.69 Å². The zero-order valence-electron chi connectivity index (χ0n) is 10.2. The van der Waals surface area contributed by atoms with Gasteiger partial charge in [-0.1, -0.05) is 6.08 Å². The van der Waals surface area contributed by atoms with Crippen molar-refractivity contribution in [3.05, 3.63) is 30.1 Å². The van der Waals surface area contributed by atoms with E-state index in [4.69, 9.17) is 0 Å². The van der Waals surface area contributed by atoms with Crippen molar-refractivity contribution in [3.63, 3.8) is 0 Å². The number of amides is 1. The van der Waals surface area contributed by atoms with Crippen LogP contribution in [0.25, 0.3) is 0 Å². The van der Waals surface area contributed by atoms with Gasteiger partial charge in [0.2, 0.25) is 0 Å². The van der Waals surface area contributed by atoms with Gasteiger partial charge in [-0.15, -0.1) is 6.58 Å². The predicted molar refractivity (Wildman–Crippen MR) is 62.6 cm³/mol. The fraction of sp³-hybridized carbons (Fsp3) is 0.500. The summed E-state index contributed by atoms with van der Waals surface area (Å²) in [5, 5.41) is 4.00. The number of nitrogens with zero attached hydrogens (tertiary/aromatic N) is 3. The second-order valence-corrected chi connectivity index (χ2v) is 4.47. The molecule has 98 valence electrons. The number of likely N-dealkylation sites (tertiary alicyclic amines) is 1. The molecule has 1 aromatic heterocycles. The van der Waals surface area contributed by atoms with Crippen LogP contribution in [0.5, 0.6) is 0 Å². The summed E-state index contributed by atoms with van der Waals surface area (Å²) in [4.78, 5) is 13.4. The summed E-state index contributed by atoms with van der Waals surface area (Å²) in [6, 6.07) is 0. The maximum atomic E-state index is 13.1.